The van der Waals surface area contributed by atoms with Crippen molar-refractivity contribution in [3.05, 3.63) is 28.2 Å². The Labute approximate surface area is 179 Å². The molecule has 152 valence electrons. The fourth-order valence-electron chi connectivity index (χ4n) is 3.79. The Morgan fingerprint density at radius 1 is 0.962 bits per heavy atom. The van der Waals surface area contributed by atoms with E-state index < -0.39 is 0 Å². The third-order valence-electron chi connectivity index (χ3n) is 5.39. The van der Waals surface area contributed by atoms with Crippen molar-refractivity contribution in [1.29, 1.82) is 0 Å². The van der Waals surface area contributed by atoms with Gasteiger partial charge in [0.15, 0.2) is 0 Å². The number of rotatable bonds is 4. The minimum atomic E-state index is 0. The van der Waals surface area contributed by atoms with E-state index in [9.17, 15) is 0 Å². The number of anilines is 1. The molecular weight excluding hydrogens is 416 g/mol. The lowest BCUT2D eigenvalue weighted by Crippen LogP contribution is -2.47. The summed E-state index contributed by atoms with van der Waals surface area (Å²) in [6, 6.07) is 6.34. The van der Waals surface area contributed by atoms with Crippen LogP contribution in [-0.4, -0.2) is 49.1 Å². The standard InChI is InChI=1S/C18H27Cl2N3.2ClH.H2O/c19-16-2-1-3-17(18(16)20)23-12-10-22(11-13-23)9-8-14-4-6-15(21)7-5-14;;;/h1-3,14-15H,4-13,21H2;2*1H;1H2. The maximum Gasteiger partial charge on any atom is 0.0825 e. The normalized spacial score (nSPS) is 23.4. The van der Waals surface area contributed by atoms with E-state index >= 15 is 0 Å². The van der Waals surface area contributed by atoms with Gasteiger partial charge in [-0.1, -0.05) is 29.3 Å². The molecule has 1 aromatic carbocycles. The number of piperazine rings is 1. The van der Waals surface area contributed by atoms with Crippen LogP contribution in [0.25, 0.3) is 0 Å². The second-order valence-electron chi connectivity index (χ2n) is 6.97. The van der Waals surface area contributed by atoms with E-state index in [1.54, 1.807) is 0 Å². The van der Waals surface area contributed by atoms with Crippen molar-refractivity contribution in [3.8, 4) is 0 Å². The second-order valence-corrected chi connectivity index (χ2v) is 7.76. The number of benzene rings is 1. The summed E-state index contributed by atoms with van der Waals surface area (Å²) in [5.41, 5.74) is 7.06. The molecule has 0 radical (unpaired) electrons. The molecule has 0 bridgehead atoms. The third kappa shape index (κ3) is 6.90. The van der Waals surface area contributed by atoms with E-state index in [1.807, 2.05) is 12.1 Å². The van der Waals surface area contributed by atoms with Crippen molar-refractivity contribution in [2.45, 2.75) is 38.1 Å². The van der Waals surface area contributed by atoms with Crippen LogP contribution in [0.5, 0.6) is 0 Å². The van der Waals surface area contributed by atoms with Crippen LogP contribution in [0.4, 0.5) is 5.69 Å². The molecule has 1 aliphatic carbocycles. The Morgan fingerprint density at radius 3 is 2.19 bits per heavy atom. The predicted molar refractivity (Wildman–Crippen MR) is 118 cm³/mol. The van der Waals surface area contributed by atoms with Gasteiger partial charge in [0.25, 0.3) is 0 Å². The van der Waals surface area contributed by atoms with Crippen LogP contribution in [0.1, 0.15) is 32.1 Å². The summed E-state index contributed by atoms with van der Waals surface area (Å²) < 4.78 is 0. The fraction of sp³-hybridized carbons (Fsp3) is 0.667. The van der Waals surface area contributed by atoms with Crippen LogP contribution in [0.15, 0.2) is 18.2 Å². The molecule has 1 heterocycles. The van der Waals surface area contributed by atoms with Gasteiger partial charge in [0, 0.05) is 32.2 Å². The summed E-state index contributed by atoms with van der Waals surface area (Å²) in [7, 11) is 0. The monoisotopic (exact) mass is 445 g/mol. The molecule has 1 aromatic rings. The van der Waals surface area contributed by atoms with Crippen molar-refractivity contribution < 1.29 is 5.48 Å². The smallest absolute Gasteiger partial charge is 0.0825 e. The first kappa shape index (κ1) is 26.1. The highest BCUT2D eigenvalue weighted by Crippen LogP contribution is 2.33. The summed E-state index contributed by atoms with van der Waals surface area (Å²) in [6.45, 7) is 5.48. The van der Waals surface area contributed by atoms with Crippen LogP contribution < -0.4 is 10.6 Å². The lowest BCUT2D eigenvalue weighted by atomic mass is 9.84. The molecule has 0 amide bonds. The highest BCUT2D eigenvalue weighted by atomic mass is 35.5. The number of halogens is 4. The maximum atomic E-state index is 6.34. The van der Waals surface area contributed by atoms with Crippen LogP contribution in [0.3, 0.4) is 0 Å². The van der Waals surface area contributed by atoms with Gasteiger partial charge in [-0.3, -0.25) is 4.90 Å². The predicted octanol–water partition coefficient (Wildman–Crippen LogP) is 4.04. The van der Waals surface area contributed by atoms with E-state index in [0.29, 0.717) is 16.1 Å². The van der Waals surface area contributed by atoms with Gasteiger partial charge in [0.2, 0.25) is 0 Å². The third-order valence-corrected chi connectivity index (χ3v) is 6.20. The zero-order valence-electron chi connectivity index (χ0n) is 15.0. The number of nitrogens with zero attached hydrogens (tertiary/aromatic N) is 2. The quantitative estimate of drug-likeness (QED) is 0.758. The Balaban J connectivity index is 0.00000208. The van der Waals surface area contributed by atoms with Gasteiger partial charge < -0.3 is 16.1 Å². The topological polar surface area (TPSA) is 64.0 Å². The van der Waals surface area contributed by atoms with Crippen molar-refractivity contribution in [2.24, 2.45) is 11.7 Å². The molecular formula is C18H31Cl4N3O. The molecule has 1 aliphatic heterocycles. The van der Waals surface area contributed by atoms with Crippen LogP contribution in [0, 0.1) is 5.92 Å². The molecule has 8 heteroatoms. The van der Waals surface area contributed by atoms with Gasteiger partial charge in [-0.15, -0.1) is 24.8 Å². The second kappa shape index (κ2) is 12.5. The average molecular weight is 447 g/mol. The summed E-state index contributed by atoms with van der Waals surface area (Å²) in [5, 5.41) is 1.32. The molecule has 0 unspecified atom stereocenters. The largest absolute Gasteiger partial charge is 0.412 e. The summed E-state index contributed by atoms with van der Waals surface area (Å²) in [6.07, 6.45) is 6.39. The van der Waals surface area contributed by atoms with Crippen molar-refractivity contribution in [2.75, 3.05) is 37.6 Å². The number of hydrogen-bond donors (Lipinski definition) is 1. The van der Waals surface area contributed by atoms with Gasteiger partial charge in [-0.25, -0.2) is 0 Å². The molecule has 0 spiro atoms. The first-order chi connectivity index (χ1) is 11.1. The van der Waals surface area contributed by atoms with Crippen molar-refractivity contribution >= 4 is 53.7 Å². The van der Waals surface area contributed by atoms with Crippen molar-refractivity contribution in [1.82, 2.24) is 4.90 Å². The molecule has 0 aromatic heterocycles. The SMILES string of the molecule is Cl.Cl.NC1CCC(CCN2CCN(c3cccc(Cl)c3Cl)CC2)CC1.O. The lowest BCUT2D eigenvalue weighted by Gasteiger charge is -2.37. The minimum Gasteiger partial charge on any atom is -0.412 e. The van der Waals surface area contributed by atoms with E-state index in [4.69, 9.17) is 28.9 Å². The Bertz CT molecular complexity index is 519. The zero-order valence-corrected chi connectivity index (χ0v) is 18.1. The van der Waals surface area contributed by atoms with Gasteiger partial charge in [-0.2, -0.15) is 0 Å². The van der Waals surface area contributed by atoms with E-state index in [2.05, 4.69) is 15.9 Å². The molecule has 4 nitrogen and oxygen atoms in total. The first-order valence-corrected chi connectivity index (χ1v) is 9.56. The summed E-state index contributed by atoms with van der Waals surface area (Å²) in [5.74, 6) is 0.884. The average Bonchev–Trinajstić information content (AvgIpc) is 2.57. The molecule has 1 saturated carbocycles. The van der Waals surface area contributed by atoms with Gasteiger partial charge in [0.1, 0.15) is 0 Å². The summed E-state index contributed by atoms with van der Waals surface area (Å²) in [4.78, 5) is 4.94. The van der Waals surface area contributed by atoms with Crippen molar-refractivity contribution in [3.63, 3.8) is 0 Å². The van der Waals surface area contributed by atoms with Gasteiger partial charge >= 0.3 is 0 Å². The highest BCUT2D eigenvalue weighted by Gasteiger charge is 2.22. The summed E-state index contributed by atoms with van der Waals surface area (Å²) >= 11 is 12.5. The van der Waals surface area contributed by atoms with Crippen LogP contribution in [-0.2, 0) is 0 Å². The Kier molecular flexibility index (Phi) is 12.5. The Morgan fingerprint density at radius 2 is 1.58 bits per heavy atom. The minimum absolute atomic E-state index is 0. The fourth-order valence-corrected chi connectivity index (χ4v) is 4.21. The first-order valence-electron chi connectivity index (χ1n) is 8.80. The molecule has 26 heavy (non-hydrogen) atoms. The molecule has 1 saturated heterocycles. The molecule has 2 fully saturated rings. The maximum absolute atomic E-state index is 6.34. The van der Waals surface area contributed by atoms with Gasteiger partial charge in [-0.05, 0) is 56.7 Å². The Hall–Kier alpha value is 0.0600. The van der Waals surface area contributed by atoms with E-state index in [-0.39, 0.29) is 30.3 Å². The molecule has 2 aliphatic rings. The molecule has 3 rings (SSSR count). The van der Waals surface area contributed by atoms with E-state index in [1.165, 1.54) is 38.6 Å². The number of nitrogens with two attached hydrogens (primary N) is 1. The molecule has 4 N–H and O–H groups in total. The van der Waals surface area contributed by atoms with E-state index in [0.717, 1.165) is 37.8 Å². The van der Waals surface area contributed by atoms with Crippen LogP contribution >= 0.6 is 48.0 Å². The lowest BCUT2D eigenvalue weighted by molar-refractivity contribution is 0.217. The highest BCUT2D eigenvalue weighted by molar-refractivity contribution is 6.43. The van der Waals surface area contributed by atoms with Crippen LogP contribution in [0.2, 0.25) is 10.0 Å². The zero-order chi connectivity index (χ0) is 16.2. The molecule has 0 atom stereocenters. The van der Waals surface area contributed by atoms with Gasteiger partial charge in [0.05, 0.1) is 15.7 Å². The number of hydrogen-bond acceptors (Lipinski definition) is 3.